The lowest BCUT2D eigenvalue weighted by Gasteiger charge is -2.32. The lowest BCUT2D eigenvalue weighted by Crippen LogP contribution is -2.45. The van der Waals surface area contributed by atoms with Crippen LogP contribution in [0.4, 0.5) is 0 Å². The first kappa shape index (κ1) is 16.3. The number of hydrogen-bond acceptors (Lipinski definition) is 4. The van der Waals surface area contributed by atoms with Crippen LogP contribution in [0.15, 0.2) is 0 Å². The highest BCUT2D eigenvalue weighted by Gasteiger charge is 2.22. The van der Waals surface area contributed by atoms with Gasteiger partial charge in [-0.15, -0.1) is 0 Å². The van der Waals surface area contributed by atoms with Crippen LogP contribution in [0.2, 0.25) is 0 Å². The average molecular weight is 287 g/mol. The highest BCUT2D eigenvalue weighted by Crippen LogP contribution is 2.13. The molecule has 5 nitrogen and oxygen atoms in total. The minimum atomic E-state index is 0.119. The van der Waals surface area contributed by atoms with Gasteiger partial charge in [-0.2, -0.15) is 0 Å². The zero-order valence-corrected chi connectivity index (χ0v) is 12.7. The highest BCUT2D eigenvalue weighted by molar-refractivity contribution is 7.80. The predicted molar refractivity (Wildman–Crippen MR) is 80.1 cm³/mol. The van der Waals surface area contributed by atoms with Crippen LogP contribution in [0.25, 0.3) is 0 Å². The first-order chi connectivity index (χ1) is 9.02. The Kier molecular flexibility index (Phi) is 7.27. The minimum absolute atomic E-state index is 0.119. The molecule has 1 rings (SSSR count). The van der Waals surface area contributed by atoms with E-state index >= 15 is 0 Å². The molecule has 6 heteroatoms. The van der Waals surface area contributed by atoms with Crippen LogP contribution in [0.3, 0.4) is 0 Å². The molecule has 0 aromatic carbocycles. The Balaban J connectivity index is 2.32. The van der Waals surface area contributed by atoms with Gasteiger partial charge in [-0.3, -0.25) is 9.69 Å². The third kappa shape index (κ3) is 6.31. The molecule has 0 bridgehead atoms. The van der Waals surface area contributed by atoms with E-state index in [-0.39, 0.29) is 12.0 Å². The van der Waals surface area contributed by atoms with Gasteiger partial charge in [0.1, 0.15) is 0 Å². The normalized spacial score (nSPS) is 20.2. The molecule has 0 spiro atoms. The maximum absolute atomic E-state index is 12.0. The lowest BCUT2D eigenvalue weighted by molar-refractivity contribution is -0.132. The van der Waals surface area contributed by atoms with Crippen molar-refractivity contribution in [1.29, 1.82) is 0 Å². The van der Waals surface area contributed by atoms with Gasteiger partial charge in [0.05, 0.1) is 17.6 Å². The van der Waals surface area contributed by atoms with Crippen LogP contribution in [0.1, 0.15) is 26.2 Å². The van der Waals surface area contributed by atoms with E-state index in [2.05, 4.69) is 4.90 Å². The zero-order valence-electron chi connectivity index (χ0n) is 11.9. The molecule has 1 saturated heterocycles. The number of piperidine rings is 1. The Labute approximate surface area is 121 Å². The van der Waals surface area contributed by atoms with Crippen molar-refractivity contribution in [3.05, 3.63) is 0 Å². The molecule has 19 heavy (non-hydrogen) atoms. The molecule has 0 aliphatic carbocycles. The summed E-state index contributed by atoms with van der Waals surface area (Å²) in [6.45, 7) is 5.61. The van der Waals surface area contributed by atoms with Crippen molar-refractivity contribution >= 4 is 23.1 Å². The van der Waals surface area contributed by atoms with E-state index in [0.717, 1.165) is 32.5 Å². The molecule has 1 heterocycles. The molecule has 1 aliphatic rings. The maximum Gasteiger partial charge on any atom is 0.236 e. The van der Waals surface area contributed by atoms with Crippen LogP contribution in [-0.4, -0.2) is 66.6 Å². The van der Waals surface area contributed by atoms with Gasteiger partial charge in [-0.25, -0.2) is 0 Å². The number of carbonyl (C=O) groups excluding carboxylic acids is 1. The average Bonchev–Trinajstić information content (AvgIpc) is 2.36. The fourth-order valence-electron chi connectivity index (χ4n) is 2.24. The summed E-state index contributed by atoms with van der Waals surface area (Å²) >= 11 is 4.82. The van der Waals surface area contributed by atoms with Crippen molar-refractivity contribution in [2.24, 2.45) is 5.73 Å². The summed E-state index contributed by atoms with van der Waals surface area (Å²) in [5.74, 6) is 0.119. The Bertz CT molecular complexity index is 310. The fourth-order valence-corrected chi connectivity index (χ4v) is 2.33. The van der Waals surface area contributed by atoms with Gasteiger partial charge < -0.3 is 15.4 Å². The molecule has 1 fully saturated rings. The number of likely N-dealkylation sites (N-methyl/N-ethyl adjacent to an activating group) is 1. The van der Waals surface area contributed by atoms with Crippen molar-refractivity contribution in [1.82, 2.24) is 9.80 Å². The van der Waals surface area contributed by atoms with Gasteiger partial charge in [0.25, 0.3) is 0 Å². The monoisotopic (exact) mass is 287 g/mol. The summed E-state index contributed by atoms with van der Waals surface area (Å²) in [6, 6.07) is 0. The number of hydrogen-bond donors (Lipinski definition) is 1. The smallest absolute Gasteiger partial charge is 0.236 e. The number of nitrogens with two attached hydrogens (primary N) is 1. The third-order valence-corrected chi connectivity index (χ3v) is 3.55. The van der Waals surface area contributed by atoms with Crippen molar-refractivity contribution < 1.29 is 9.53 Å². The first-order valence-electron chi connectivity index (χ1n) is 6.89. The largest absolute Gasteiger partial charge is 0.393 e. The van der Waals surface area contributed by atoms with E-state index in [1.165, 1.54) is 0 Å². The molecule has 0 aromatic rings. The number of rotatable bonds is 7. The maximum atomic E-state index is 12.0. The highest BCUT2D eigenvalue weighted by atomic mass is 32.1. The van der Waals surface area contributed by atoms with E-state index in [0.29, 0.717) is 24.5 Å². The Morgan fingerprint density at radius 1 is 1.58 bits per heavy atom. The molecule has 2 N–H and O–H groups in total. The Morgan fingerprint density at radius 3 is 2.95 bits per heavy atom. The summed E-state index contributed by atoms with van der Waals surface area (Å²) in [5.41, 5.74) is 5.44. The number of ether oxygens (including phenoxy) is 1. The molecular weight excluding hydrogens is 262 g/mol. The number of carbonyl (C=O) groups is 1. The van der Waals surface area contributed by atoms with Gasteiger partial charge in [0.15, 0.2) is 0 Å². The van der Waals surface area contributed by atoms with Crippen LogP contribution < -0.4 is 5.73 Å². The van der Waals surface area contributed by atoms with Gasteiger partial charge in [0, 0.05) is 33.2 Å². The van der Waals surface area contributed by atoms with E-state index in [1.807, 2.05) is 6.92 Å². The number of amides is 1. The number of likely N-dealkylation sites (tertiary alicyclic amines) is 1. The van der Waals surface area contributed by atoms with Crippen molar-refractivity contribution in [2.45, 2.75) is 32.3 Å². The van der Waals surface area contributed by atoms with Crippen LogP contribution in [-0.2, 0) is 9.53 Å². The van der Waals surface area contributed by atoms with E-state index in [4.69, 9.17) is 22.7 Å². The van der Waals surface area contributed by atoms with Crippen molar-refractivity contribution in [3.8, 4) is 0 Å². The van der Waals surface area contributed by atoms with Gasteiger partial charge in [0.2, 0.25) is 5.91 Å². The van der Waals surface area contributed by atoms with Gasteiger partial charge >= 0.3 is 0 Å². The second-order valence-electron chi connectivity index (χ2n) is 4.99. The minimum Gasteiger partial charge on any atom is -0.393 e. The topological polar surface area (TPSA) is 58.8 Å². The summed E-state index contributed by atoms with van der Waals surface area (Å²) in [5, 5.41) is 0. The van der Waals surface area contributed by atoms with Crippen LogP contribution in [0.5, 0.6) is 0 Å². The summed E-state index contributed by atoms with van der Waals surface area (Å²) in [6.07, 6.45) is 3.04. The van der Waals surface area contributed by atoms with Crippen molar-refractivity contribution in [3.63, 3.8) is 0 Å². The second-order valence-corrected chi connectivity index (χ2v) is 5.51. The lowest BCUT2D eigenvalue weighted by atomic mass is 10.1. The van der Waals surface area contributed by atoms with Crippen molar-refractivity contribution in [2.75, 3.05) is 39.8 Å². The Hall–Kier alpha value is -0.720. The van der Waals surface area contributed by atoms with E-state index in [9.17, 15) is 4.79 Å². The van der Waals surface area contributed by atoms with Gasteiger partial charge in [-0.1, -0.05) is 12.2 Å². The molecule has 1 unspecified atom stereocenters. The standard InChI is InChI=1S/C13H25N3O2S/c1-3-18-11-5-4-7-16(9-11)10-13(17)15(2)8-6-12(14)19/h11H,3-10H2,1-2H3,(H2,14,19). The third-order valence-electron chi connectivity index (χ3n) is 3.34. The molecule has 0 radical (unpaired) electrons. The predicted octanol–water partition coefficient (Wildman–Crippen LogP) is 0.622. The second kappa shape index (κ2) is 8.45. The molecular formula is C13H25N3O2S. The van der Waals surface area contributed by atoms with E-state index < -0.39 is 0 Å². The SMILES string of the molecule is CCOC1CCCN(CC(=O)N(C)CCC(N)=S)C1. The molecule has 0 aromatic heterocycles. The fraction of sp³-hybridized carbons (Fsp3) is 0.846. The molecule has 0 saturated carbocycles. The Morgan fingerprint density at radius 2 is 2.32 bits per heavy atom. The number of nitrogens with zero attached hydrogens (tertiary/aromatic N) is 2. The molecule has 1 aliphatic heterocycles. The quantitative estimate of drug-likeness (QED) is 0.696. The van der Waals surface area contributed by atoms with Crippen LogP contribution in [0, 0.1) is 0 Å². The van der Waals surface area contributed by atoms with Gasteiger partial charge in [-0.05, 0) is 26.3 Å². The molecule has 1 amide bonds. The first-order valence-corrected chi connectivity index (χ1v) is 7.30. The number of thiocarbonyl (C=S) groups is 1. The zero-order chi connectivity index (χ0) is 14.3. The van der Waals surface area contributed by atoms with Crippen LogP contribution >= 0.6 is 12.2 Å². The molecule has 1 atom stereocenters. The van der Waals surface area contributed by atoms with E-state index in [1.54, 1.807) is 11.9 Å². The summed E-state index contributed by atoms with van der Waals surface area (Å²) in [4.78, 5) is 16.4. The summed E-state index contributed by atoms with van der Waals surface area (Å²) in [7, 11) is 1.80. The summed E-state index contributed by atoms with van der Waals surface area (Å²) < 4.78 is 5.63. The molecule has 110 valence electrons.